The lowest BCUT2D eigenvalue weighted by Crippen LogP contribution is -2.17. The normalized spacial score (nSPS) is 17.6. The Labute approximate surface area is 125 Å². The van der Waals surface area contributed by atoms with Crippen LogP contribution < -0.4 is 0 Å². The van der Waals surface area contributed by atoms with Gasteiger partial charge in [0.05, 0.1) is 10.4 Å². The lowest BCUT2D eigenvalue weighted by atomic mass is 10.1. The molecule has 0 atom stereocenters. The Bertz CT molecular complexity index is 854. The van der Waals surface area contributed by atoms with E-state index in [-0.39, 0.29) is 5.54 Å². The van der Waals surface area contributed by atoms with Crippen LogP contribution in [0.4, 0.5) is 0 Å². The number of fused-ring (bicyclic) bond motifs is 3. The van der Waals surface area contributed by atoms with E-state index in [0.717, 1.165) is 10.8 Å². The van der Waals surface area contributed by atoms with Gasteiger partial charge in [0, 0.05) is 25.0 Å². The maximum atomic E-state index is 5.76. The van der Waals surface area contributed by atoms with Crippen LogP contribution in [0.3, 0.4) is 0 Å². The number of benzene rings is 1. The Balaban J connectivity index is 1.93. The summed E-state index contributed by atoms with van der Waals surface area (Å²) in [4.78, 5) is 7.18. The zero-order valence-electron chi connectivity index (χ0n) is 11.7. The van der Waals surface area contributed by atoms with Gasteiger partial charge in [-0.05, 0) is 45.0 Å². The van der Waals surface area contributed by atoms with Crippen molar-refractivity contribution in [2.24, 2.45) is 4.99 Å². The molecule has 3 aromatic rings. The van der Waals surface area contributed by atoms with Crippen LogP contribution in [0.1, 0.15) is 23.6 Å². The molecule has 4 rings (SSSR count). The first-order valence-corrected chi connectivity index (χ1v) is 8.31. The first kappa shape index (κ1) is 12.4. The topological polar surface area (TPSA) is 21.6 Å². The minimum Gasteiger partial charge on any atom is -0.474 e. The summed E-state index contributed by atoms with van der Waals surface area (Å²) >= 11 is 3.62. The standard InChI is InChI=1S/C16H15NOS2/c1-9-6-10-11-7-14(15-17-16(2,3)8-18-15)20-13(11)5-4-12(10)19-9/h4-7H,8H2,1-3H3. The molecule has 1 aromatic carbocycles. The highest BCUT2D eigenvalue weighted by molar-refractivity contribution is 7.22. The van der Waals surface area contributed by atoms with Crippen LogP contribution in [0.5, 0.6) is 0 Å². The summed E-state index contributed by atoms with van der Waals surface area (Å²) in [5, 5.41) is 2.67. The molecule has 0 bridgehead atoms. The van der Waals surface area contributed by atoms with Gasteiger partial charge < -0.3 is 4.74 Å². The van der Waals surface area contributed by atoms with Crippen molar-refractivity contribution in [2.45, 2.75) is 26.3 Å². The van der Waals surface area contributed by atoms with E-state index in [0.29, 0.717) is 6.61 Å². The number of hydrogen-bond acceptors (Lipinski definition) is 4. The Hall–Kier alpha value is -1.39. The molecule has 0 radical (unpaired) electrons. The third-order valence-electron chi connectivity index (χ3n) is 3.50. The average molecular weight is 301 g/mol. The summed E-state index contributed by atoms with van der Waals surface area (Å²) in [6.45, 7) is 7.04. The highest BCUT2D eigenvalue weighted by Gasteiger charge is 2.28. The first-order chi connectivity index (χ1) is 9.52. The molecule has 20 heavy (non-hydrogen) atoms. The van der Waals surface area contributed by atoms with Crippen molar-refractivity contribution in [1.29, 1.82) is 0 Å². The Morgan fingerprint density at radius 1 is 1.10 bits per heavy atom. The van der Waals surface area contributed by atoms with E-state index in [1.54, 1.807) is 11.3 Å². The van der Waals surface area contributed by atoms with E-state index in [9.17, 15) is 0 Å². The molecule has 0 aliphatic carbocycles. The molecule has 4 heteroatoms. The van der Waals surface area contributed by atoms with Crippen molar-refractivity contribution in [3.05, 3.63) is 34.0 Å². The largest absolute Gasteiger partial charge is 0.474 e. The van der Waals surface area contributed by atoms with Crippen LogP contribution in [0.25, 0.3) is 20.2 Å². The minimum absolute atomic E-state index is 0.0974. The molecule has 0 saturated heterocycles. The van der Waals surface area contributed by atoms with Gasteiger partial charge in [-0.3, -0.25) is 0 Å². The molecule has 3 heterocycles. The number of ether oxygens (including phenoxy) is 1. The van der Waals surface area contributed by atoms with E-state index in [1.165, 1.54) is 25.0 Å². The maximum Gasteiger partial charge on any atom is 0.227 e. The van der Waals surface area contributed by atoms with E-state index in [4.69, 9.17) is 4.74 Å². The van der Waals surface area contributed by atoms with Crippen molar-refractivity contribution in [2.75, 3.05) is 6.61 Å². The zero-order chi connectivity index (χ0) is 13.9. The molecule has 0 N–H and O–H groups in total. The van der Waals surface area contributed by atoms with Crippen molar-refractivity contribution in [1.82, 2.24) is 0 Å². The van der Waals surface area contributed by atoms with Gasteiger partial charge in [0.25, 0.3) is 0 Å². The third kappa shape index (κ3) is 1.86. The van der Waals surface area contributed by atoms with Gasteiger partial charge in [-0.2, -0.15) is 0 Å². The number of aliphatic imine (C=N–C) groups is 1. The maximum absolute atomic E-state index is 5.76. The second kappa shape index (κ2) is 4.06. The number of thiophene rings is 2. The Morgan fingerprint density at radius 2 is 1.80 bits per heavy atom. The van der Waals surface area contributed by atoms with Gasteiger partial charge in [-0.25, -0.2) is 4.99 Å². The second-order valence-corrected chi connectivity index (χ2v) is 8.25. The van der Waals surface area contributed by atoms with E-state index in [1.807, 2.05) is 11.3 Å². The average Bonchev–Trinajstić information content (AvgIpc) is 3.03. The molecule has 0 spiro atoms. The van der Waals surface area contributed by atoms with Crippen molar-refractivity contribution in [3.8, 4) is 0 Å². The van der Waals surface area contributed by atoms with Crippen LogP contribution in [0.2, 0.25) is 0 Å². The molecular weight excluding hydrogens is 286 g/mol. The molecule has 102 valence electrons. The fraction of sp³-hybridized carbons (Fsp3) is 0.312. The molecule has 0 saturated carbocycles. The molecular formula is C16H15NOS2. The predicted molar refractivity (Wildman–Crippen MR) is 88.5 cm³/mol. The fourth-order valence-electron chi connectivity index (χ4n) is 2.57. The predicted octanol–water partition coefficient (Wildman–Crippen LogP) is 4.98. The summed E-state index contributed by atoms with van der Waals surface area (Å²) in [6, 6.07) is 8.94. The van der Waals surface area contributed by atoms with Crippen molar-refractivity contribution in [3.63, 3.8) is 0 Å². The number of nitrogens with zero attached hydrogens (tertiary/aromatic N) is 1. The first-order valence-electron chi connectivity index (χ1n) is 6.68. The molecule has 2 nitrogen and oxygen atoms in total. The summed E-state index contributed by atoms with van der Waals surface area (Å²) in [5.74, 6) is 0.802. The van der Waals surface area contributed by atoms with Gasteiger partial charge in [-0.15, -0.1) is 22.7 Å². The smallest absolute Gasteiger partial charge is 0.227 e. The van der Waals surface area contributed by atoms with E-state index < -0.39 is 0 Å². The quantitative estimate of drug-likeness (QED) is 0.621. The monoisotopic (exact) mass is 301 g/mol. The van der Waals surface area contributed by atoms with Crippen LogP contribution in [0.15, 0.2) is 29.3 Å². The van der Waals surface area contributed by atoms with Gasteiger partial charge in [0.15, 0.2) is 0 Å². The van der Waals surface area contributed by atoms with Crippen LogP contribution in [-0.2, 0) is 4.74 Å². The highest BCUT2D eigenvalue weighted by Crippen LogP contribution is 2.37. The summed E-state index contributed by atoms with van der Waals surface area (Å²) in [5.41, 5.74) is -0.0974. The van der Waals surface area contributed by atoms with E-state index >= 15 is 0 Å². The fourth-order valence-corrected chi connectivity index (χ4v) is 4.53. The van der Waals surface area contributed by atoms with Crippen LogP contribution in [-0.4, -0.2) is 18.0 Å². The Kier molecular flexibility index (Phi) is 2.51. The third-order valence-corrected chi connectivity index (χ3v) is 5.60. The molecule has 2 aromatic heterocycles. The molecule has 1 aliphatic rings. The lowest BCUT2D eigenvalue weighted by molar-refractivity contribution is 0.280. The molecule has 0 unspecified atom stereocenters. The van der Waals surface area contributed by atoms with E-state index in [2.05, 4.69) is 50.0 Å². The van der Waals surface area contributed by atoms with Crippen LogP contribution in [0, 0.1) is 6.92 Å². The number of rotatable bonds is 1. The molecule has 0 fully saturated rings. The number of hydrogen-bond donors (Lipinski definition) is 0. The Morgan fingerprint density at radius 3 is 2.50 bits per heavy atom. The van der Waals surface area contributed by atoms with Crippen molar-refractivity contribution >= 4 is 48.7 Å². The van der Waals surface area contributed by atoms with Crippen molar-refractivity contribution < 1.29 is 4.74 Å². The molecule has 1 aliphatic heterocycles. The SMILES string of the molecule is Cc1cc2c(ccc3sc(C4=NC(C)(C)CO4)cc32)s1. The second-order valence-electron chi connectivity index (χ2n) is 5.87. The van der Waals surface area contributed by atoms with Gasteiger partial charge in [0.2, 0.25) is 5.90 Å². The van der Waals surface area contributed by atoms with Gasteiger partial charge in [-0.1, -0.05) is 0 Å². The summed E-state index contributed by atoms with van der Waals surface area (Å²) in [6.07, 6.45) is 0. The minimum atomic E-state index is -0.0974. The number of aryl methyl sites for hydroxylation is 1. The van der Waals surface area contributed by atoms with Gasteiger partial charge >= 0.3 is 0 Å². The summed E-state index contributed by atoms with van der Waals surface area (Å²) in [7, 11) is 0. The summed E-state index contributed by atoms with van der Waals surface area (Å²) < 4.78 is 8.43. The lowest BCUT2D eigenvalue weighted by Gasteiger charge is -2.07. The molecule has 0 amide bonds. The van der Waals surface area contributed by atoms with Crippen LogP contribution >= 0.6 is 22.7 Å². The zero-order valence-corrected chi connectivity index (χ0v) is 13.3. The highest BCUT2D eigenvalue weighted by atomic mass is 32.1. The van der Waals surface area contributed by atoms with Gasteiger partial charge in [0.1, 0.15) is 6.61 Å².